The number of benzene rings is 2. The predicted octanol–water partition coefficient (Wildman–Crippen LogP) is 6.84. The van der Waals surface area contributed by atoms with Crippen LogP contribution in [-0.4, -0.2) is 80.9 Å². The number of aryl methyl sites for hydroxylation is 2. The van der Waals surface area contributed by atoms with Gasteiger partial charge in [0.25, 0.3) is 0 Å². The van der Waals surface area contributed by atoms with Crippen LogP contribution in [0.2, 0.25) is 0 Å². The van der Waals surface area contributed by atoms with Crippen LogP contribution >= 0.6 is 0 Å². The number of pyridine rings is 1. The SMILES string of the molecule is Cc1cc(O)c(-c2cccc(-c3cn4c(N5CCC(C)(OCCOCC(C)O)CC5)c(C(OC(C)(C)C)C(=O)O)c(C)cc4n3)c2)c(F)c1. The Balaban J connectivity index is 1.55. The maximum atomic E-state index is 15.0. The molecule has 10 nitrogen and oxygen atoms in total. The number of halogens is 1. The van der Waals surface area contributed by atoms with E-state index in [9.17, 15) is 20.1 Å². The summed E-state index contributed by atoms with van der Waals surface area (Å²) in [5.41, 5.74) is 3.34. The smallest absolute Gasteiger partial charge is 0.337 e. The summed E-state index contributed by atoms with van der Waals surface area (Å²) in [7, 11) is 0. The van der Waals surface area contributed by atoms with Crippen molar-refractivity contribution in [2.45, 2.75) is 84.7 Å². The number of aliphatic carboxylic acids is 1. The number of aliphatic hydroxyl groups excluding tert-OH is 1. The molecule has 264 valence electrons. The lowest BCUT2D eigenvalue weighted by Gasteiger charge is -2.41. The number of hydrogen-bond acceptors (Lipinski definition) is 8. The van der Waals surface area contributed by atoms with Crippen molar-refractivity contribution in [2.24, 2.45) is 0 Å². The number of fused-ring (bicyclic) bond motifs is 1. The van der Waals surface area contributed by atoms with Gasteiger partial charge in [-0.3, -0.25) is 4.40 Å². The molecule has 1 fully saturated rings. The second-order valence-electron chi connectivity index (χ2n) is 14.3. The molecule has 0 bridgehead atoms. The van der Waals surface area contributed by atoms with Crippen molar-refractivity contribution in [1.82, 2.24) is 9.38 Å². The monoisotopic (exact) mass is 677 g/mol. The van der Waals surface area contributed by atoms with E-state index in [0.717, 1.165) is 5.56 Å². The van der Waals surface area contributed by atoms with Crippen LogP contribution in [0.4, 0.5) is 10.2 Å². The van der Waals surface area contributed by atoms with Crippen molar-refractivity contribution >= 4 is 17.4 Å². The largest absolute Gasteiger partial charge is 0.507 e. The molecule has 49 heavy (non-hydrogen) atoms. The lowest BCUT2D eigenvalue weighted by molar-refractivity contribution is -0.160. The van der Waals surface area contributed by atoms with Crippen molar-refractivity contribution in [3.63, 3.8) is 0 Å². The van der Waals surface area contributed by atoms with Gasteiger partial charge in [-0.15, -0.1) is 0 Å². The van der Waals surface area contributed by atoms with Gasteiger partial charge in [-0.25, -0.2) is 14.2 Å². The Morgan fingerprint density at radius 2 is 1.78 bits per heavy atom. The minimum atomic E-state index is -1.24. The minimum Gasteiger partial charge on any atom is -0.507 e. The molecule has 0 amide bonds. The Hall–Kier alpha value is -4.03. The zero-order valence-corrected chi connectivity index (χ0v) is 29.4. The molecule has 2 aromatic heterocycles. The van der Waals surface area contributed by atoms with Crippen LogP contribution in [0.1, 0.15) is 70.3 Å². The Kier molecular flexibility index (Phi) is 10.7. The topological polar surface area (TPSA) is 126 Å². The number of carboxylic acid groups (broad SMARTS) is 1. The number of phenols is 1. The van der Waals surface area contributed by atoms with Gasteiger partial charge in [-0.05, 0) is 102 Å². The van der Waals surface area contributed by atoms with Gasteiger partial charge in [0.15, 0.2) is 6.10 Å². The Bertz CT molecular complexity index is 1780. The molecule has 5 rings (SSSR count). The average molecular weight is 678 g/mol. The van der Waals surface area contributed by atoms with Crippen LogP contribution < -0.4 is 4.90 Å². The summed E-state index contributed by atoms with van der Waals surface area (Å²) in [4.78, 5) is 19.9. The normalized spacial score (nSPS) is 16.2. The van der Waals surface area contributed by atoms with Gasteiger partial charge in [0, 0.05) is 30.4 Å². The number of carbonyl (C=O) groups is 1. The van der Waals surface area contributed by atoms with Gasteiger partial charge in [0.2, 0.25) is 0 Å². The number of anilines is 1. The number of rotatable bonds is 12. The third-order valence-electron chi connectivity index (χ3n) is 8.75. The van der Waals surface area contributed by atoms with E-state index in [1.165, 1.54) is 12.1 Å². The van der Waals surface area contributed by atoms with Crippen LogP contribution in [0, 0.1) is 19.7 Å². The van der Waals surface area contributed by atoms with E-state index in [0.29, 0.717) is 78.6 Å². The van der Waals surface area contributed by atoms with E-state index in [1.54, 1.807) is 32.0 Å². The lowest BCUT2D eigenvalue weighted by Crippen LogP contribution is -2.46. The first-order valence-electron chi connectivity index (χ1n) is 16.7. The van der Waals surface area contributed by atoms with Gasteiger partial charge >= 0.3 is 5.97 Å². The summed E-state index contributed by atoms with van der Waals surface area (Å²) in [5.74, 6) is -1.06. The molecule has 2 atom stereocenters. The third kappa shape index (κ3) is 8.41. The van der Waals surface area contributed by atoms with Gasteiger partial charge in [0.1, 0.15) is 23.0 Å². The van der Waals surface area contributed by atoms with E-state index >= 15 is 4.39 Å². The number of aliphatic hydroxyl groups is 1. The van der Waals surface area contributed by atoms with E-state index in [2.05, 4.69) is 11.8 Å². The Morgan fingerprint density at radius 1 is 1.08 bits per heavy atom. The molecule has 11 heteroatoms. The van der Waals surface area contributed by atoms with E-state index in [1.807, 2.05) is 50.4 Å². The predicted molar refractivity (Wildman–Crippen MR) is 187 cm³/mol. The Labute approximate surface area is 287 Å². The lowest BCUT2D eigenvalue weighted by atomic mass is 9.92. The Morgan fingerprint density at radius 3 is 2.41 bits per heavy atom. The number of aromatic hydroxyl groups is 1. The van der Waals surface area contributed by atoms with E-state index in [-0.39, 0.29) is 17.9 Å². The molecule has 0 spiro atoms. The van der Waals surface area contributed by atoms with Crippen molar-refractivity contribution in [3.8, 4) is 28.1 Å². The van der Waals surface area contributed by atoms with Gasteiger partial charge in [-0.1, -0.05) is 18.2 Å². The summed E-state index contributed by atoms with van der Waals surface area (Å²) in [6.07, 6.45) is 1.47. The zero-order chi connectivity index (χ0) is 35.7. The molecule has 4 aromatic rings. The van der Waals surface area contributed by atoms with Gasteiger partial charge in [0.05, 0.1) is 48.4 Å². The molecule has 1 saturated heterocycles. The number of hydrogen-bond donors (Lipinski definition) is 3. The molecule has 2 unspecified atom stereocenters. The highest BCUT2D eigenvalue weighted by atomic mass is 19.1. The summed E-state index contributed by atoms with van der Waals surface area (Å²) in [6.45, 7) is 15.1. The molecule has 0 aliphatic carbocycles. The average Bonchev–Trinajstić information content (AvgIpc) is 3.42. The maximum absolute atomic E-state index is 15.0. The molecule has 1 aliphatic heterocycles. The molecule has 3 N–H and O–H groups in total. The first kappa shape index (κ1) is 36.3. The highest BCUT2D eigenvalue weighted by Crippen LogP contribution is 2.40. The number of aromatic nitrogens is 2. The molecule has 0 radical (unpaired) electrons. The molecule has 1 aliphatic rings. The standard InChI is InChI=1S/C38H48FN3O7/c1-23-17-28(39)33(30(44)18-23)27-10-8-9-26(20-27)29-21-42-31(40-29)19-24(2)32(34(36(45)46)49-37(4,5)6)35(42)41-13-11-38(7,12-14-41)48-16-15-47-22-25(3)43/h8-10,17-21,25,34,43-44H,11-16,22H2,1-7H3,(H,45,46). The summed E-state index contributed by atoms with van der Waals surface area (Å²) in [5, 5.41) is 30.5. The first-order valence-corrected chi connectivity index (χ1v) is 16.7. The van der Waals surface area contributed by atoms with Crippen LogP contribution in [0.25, 0.3) is 28.0 Å². The molecule has 2 aromatic carbocycles. The van der Waals surface area contributed by atoms with Gasteiger partial charge < -0.3 is 34.4 Å². The minimum absolute atomic E-state index is 0.117. The number of imidazole rings is 1. The van der Waals surface area contributed by atoms with Crippen molar-refractivity contribution in [2.75, 3.05) is 37.8 Å². The summed E-state index contributed by atoms with van der Waals surface area (Å²) < 4.78 is 34.9. The van der Waals surface area contributed by atoms with E-state index < -0.39 is 35.2 Å². The quantitative estimate of drug-likeness (QED) is 0.138. The van der Waals surface area contributed by atoms with Crippen LogP contribution in [0.5, 0.6) is 5.75 Å². The first-order chi connectivity index (χ1) is 23.0. The van der Waals surface area contributed by atoms with Gasteiger partial charge in [-0.2, -0.15) is 0 Å². The molecule has 0 saturated carbocycles. The third-order valence-corrected chi connectivity index (χ3v) is 8.75. The number of ether oxygens (including phenoxy) is 3. The van der Waals surface area contributed by atoms with Crippen LogP contribution in [0.15, 0.2) is 48.7 Å². The van der Waals surface area contributed by atoms with Crippen molar-refractivity contribution in [3.05, 3.63) is 71.2 Å². The van der Waals surface area contributed by atoms with Crippen molar-refractivity contribution in [1.29, 1.82) is 0 Å². The van der Waals surface area contributed by atoms with Crippen LogP contribution in [-0.2, 0) is 19.0 Å². The number of carboxylic acids is 1. The molecule has 3 heterocycles. The highest BCUT2D eigenvalue weighted by Gasteiger charge is 2.37. The zero-order valence-electron chi connectivity index (χ0n) is 29.4. The summed E-state index contributed by atoms with van der Waals surface area (Å²) in [6, 6.07) is 12.0. The van der Waals surface area contributed by atoms with E-state index in [4.69, 9.17) is 19.2 Å². The fraction of sp³-hybridized carbons (Fsp3) is 0.474. The summed E-state index contributed by atoms with van der Waals surface area (Å²) >= 11 is 0. The molecular weight excluding hydrogens is 629 g/mol. The number of piperidine rings is 1. The fourth-order valence-electron chi connectivity index (χ4n) is 6.40. The maximum Gasteiger partial charge on any atom is 0.337 e. The fourth-order valence-corrected chi connectivity index (χ4v) is 6.40. The highest BCUT2D eigenvalue weighted by molar-refractivity contribution is 5.80. The number of nitrogens with zero attached hydrogens (tertiary/aromatic N) is 3. The second-order valence-corrected chi connectivity index (χ2v) is 14.3. The van der Waals surface area contributed by atoms with Crippen molar-refractivity contribution < 1.29 is 38.7 Å². The van der Waals surface area contributed by atoms with Crippen LogP contribution in [0.3, 0.4) is 0 Å². The number of phenolic OH excluding ortho intramolecular Hbond substituents is 1. The second kappa shape index (κ2) is 14.4. The molecular formula is C38H48FN3O7.